The lowest BCUT2D eigenvalue weighted by atomic mass is 9.90. The molecule has 2 aromatic carbocycles. The minimum Gasteiger partial charge on any atom is -0.508 e. The first-order chi connectivity index (χ1) is 23.1. The Balaban J connectivity index is 1.47. The van der Waals surface area contributed by atoms with Gasteiger partial charge < -0.3 is 69.5 Å². The highest BCUT2D eigenvalue weighted by Crippen LogP contribution is 2.51. The van der Waals surface area contributed by atoms with Crippen molar-refractivity contribution in [2.24, 2.45) is 5.73 Å². The summed E-state index contributed by atoms with van der Waals surface area (Å²) >= 11 is 0. The van der Waals surface area contributed by atoms with Crippen LogP contribution in [0.25, 0.3) is 0 Å². The average molecular weight is 684 g/mol. The number of halogens is 1. The molecule has 0 bridgehead atoms. The Morgan fingerprint density at radius 2 is 1.42 bits per heavy atom. The first-order valence-corrected chi connectivity index (χ1v) is 15.4. The zero-order valence-corrected chi connectivity index (χ0v) is 26.2. The number of carbonyl (C=O) groups excluding carboxylic acids is 1. The Bertz CT molecular complexity index is 1370. The van der Waals surface area contributed by atoms with E-state index < -0.39 is 59.6 Å². The predicted octanol–water partition coefficient (Wildman–Crippen LogP) is 1.76. The van der Waals surface area contributed by atoms with E-state index in [4.69, 9.17) is 38.9 Å². The molecule has 1 aliphatic heterocycles. The number of ether oxygens (including phenoxy) is 7. The number of hydrogen-bond acceptors (Lipinski definition) is 15. The summed E-state index contributed by atoms with van der Waals surface area (Å²) in [5, 5.41) is 61.4. The zero-order valence-electron chi connectivity index (χ0n) is 26.2. The number of rotatable bonds is 18. The van der Waals surface area contributed by atoms with Gasteiger partial charge in [0.15, 0.2) is 29.5 Å². The number of alkyl halides is 1. The average Bonchev–Trinajstić information content (AvgIpc) is 3.03. The van der Waals surface area contributed by atoms with Crippen LogP contribution in [0.15, 0.2) is 35.9 Å². The molecule has 5 unspecified atom stereocenters. The third-order valence-electron chi connectivity index (χ3n) is 7.40. The number of aliphatic hydroxyl groups excluding tert-OH is 1. The van der Waals surface area contributed by atoms with E-state index in [1.165, 1.54) is 12.1 Å². The summed E-state index contributed by atoms with van der Waals surface area (Å²) in [6.07, 6.45) is -6.12. The Labute approximate surface area is 275 Å². The molecule has 2 aliphatic rings. The van der Waals surface area contributed by atoms with E-state index in [2.05, 4.69) is 0 Å². The number of phenolic OH excluding ortho intramolecular Hbond substituents is 5. The van der Waals surface area contributed by atoms with Crippen molar-refractivity contribution in [3.8, 4) is 34.5 Å². The van der Waals surface area contributed by atoms with E-state index in [9.17, 15) is 39.8 Å². The summed E-state index contributed by atoms with van der Waals surface area (Å²) in [4.78, 5) is 13.3. The molecule has 15 nitrogen and oxygen atoms in total. The van der Waals surface area contributed by atoms with Crippen LogP contribution in [0.2, 0.25) is 0 Å². The fourth-order valence-corrected chi connectivity index (χ4v) is 5.24. The molecule has 5 atom stereocenters. The lowest BCUT2D eigenvalue weighted by Crippen LogP contribution is -2.40. The maximum absolute atomic E-state index is 14.2. The summed E-state index contributed by atoms with van der Waals surface area (Å²) in [5.74, 6) is -4.11. The number of nitrogens with two attached hydrogens (primary N) is 1. The number of fused-ring (bicyclic) bond motifs is 1. The second-order valence-corrected chi connectivity index (χ2v) is 11.0. The SMILES string of the molecule is NCCOCCOCCOCCOCCOC1c2c(O)cc(O)cc2OC(c2cc(O)c(O)c(O)c2)C1OC(=O)C1=CC(O)CC(F)C1. The third kappa shape index (κ3) is 10.1. The molecule has 0 amide bonds. The van der Waals surface area contributed by atoms with Crippen LogP contribution in [0.5, 0.6) is 34.5 Å². The van der Waals surface area contributed by atoms with Crippen molar-refractivity contribution in [3.63, 3.8) is 0 Å². The maximum atomic E-state index is 14.2. The molecule has 8 N–H and O–H groups in total. The summed E-state index contributed by atoms with van der Waals surface area (Å²) < 4.78 is 53.8. The van der Waals surface area contributed by atoms with Gasteiger partial charge in [-0.3, -0.25) is 0 Å². The van der Waals surface area contributed by atoms with E-state index in [1.807, 2.05) is 0 Å². The number of hydrogen-bond donors (Lipinski definition) is 7. The fourth-order valence-electron chi connectivity index (χ4n) is 5.24. The van der Waals surface area contributed by atoms with Gasteiger partial charge in [-0.15, -0.1) is 0 Å². The van der Waals surface area contributed by atoms with E-state index in [0.29, 0.717) is 39.6 Å². The first kappa shape index (κ1) is 36.9. The van der Waals surface area contributed by atoms with Gasteiger partial charge in [-0.05, 0) is 18.2 Å². The minimum absolute atomic E-state index is 0.00635. The van der Waals surface area contributed by atoms with Crippen LogP contribution in [0.4, 0.5) is 4.39 Å². The molecule has 1 aliphatic carbocycles. The number of aliphatic hydroxyl groups is 1. The quantitative estimate of drug-likeness (QED) is 0.0675. The summed E-state index contributed by atoms with van der Waals surface area (Å²) in [6, 6.07) is 4.36. The second kappa shape index (κ2) is 18.0. The van der Waals surface area contributed by atoms with E-state index >= 15 is 0 Å². The van der Waals surface area contributed by atoms with Gasteiger partial charge in [-0.25, -0.2) is 9.18 Å². The topological polar surface area (TPSA) is 229 Å². The van der Waals surface area contributed by atoms with Crippen LogP contribution in [-0.4, -0.2) is 121 Å². The van der Waals surface area contributed by atoms with Crippen molar-refractivity contribution in [1.82, 2.24) is 0 Å². The lowest BCUT2D eigenvalue weighted by molar-refractivity contribution is -0.170. The minimum atomic E-state index is -1.49. The lowest BCUT2D eigenvalue weighted by Gasteiger charge is -2.39. The molecule has 0 saturated heterocycles. The van der Waals surface area contributed by atoms with E-state index in [1.54, 1.807) is 0 Å². The molecule has 1 heterocycles. The number of esters is 1. The van der Waals surface area contributed by atoms with E-state index in [-0.39, 0.29) is 67.5 Å². The van der Waals surface area contributed by atoms with Crippen LogP contribution < -0.4 is 10.5 Å². The summed E-state index contributed by atoms with van der Waals surface area (Å²) in [7, 11) is 0. The third-order valence-corrected chi connectivity index (χ3v) is 7.40. The van der Waals surface area contributed by atoms with Crippen LogP contribution in [0.3, 0.4) is 0 Å². The second-order valence-electron chi connectivity index (χ2n) is 11.0. The van der Waals surface area contributed by atoms with Crippen molar-refractivity contribution in [2.45, 2.75) is 43.4 Å². The number of phenols is 5. The molecular weight excluding hydrogens is 641 g/mol. The van der Waals surface area contributed by atoms with Crippen LogP contribution in [-0.2, 0) is 33.2 Å². The Morgan fingerprint density at radius 1 is 0.833 bits per heavy atom. The Hall–Kier alpha value is -3.90. The van der Waals surface area contributed by atoms with Crippen LogP contribution >= 0.6 is 0 Å². The Morgan fingerprint density at radius 3 is 2.00 bits per heavy atom. The number of aromatic hydroxyl groups is 5. The molecule has 0 saturated carbocycles. The normalized spacial score (nSPS) is 22.1. The highest BCUT2D eigenvalue weighted by atomic mass is 19.1. The van der Waals surface area contributed by atoms with Crippen molar-refractivity contribution >= 4 is 5.97 Å². The molecule has 0 aromatic heterocycles. The van der Waals surface area contributed by atoms with Gasteiger partial charge in [-0.2, -0.15) is 0 Å². The Kier molecular flexibility index (Phi) is 13.9. The monoisotopic (exact) mass is 683 g/mol. The molecule has 48 heavy (non-hydrogen) atoms. The predicted molar refractivity (Wildman–Crippen MR) is 164 cm³/mol. The zero-order chi connectivity index (χ0) is 34.6. The van der Waals surface area contributed by atoms with Crippen LogP contribution in [0.1, 0.15) is 36.2 Å². The highest BCUT2D eigenvalue weighted by molar-refractivity contribution is 5.89. The van der Waals surface area contributed by atoms with Gasteiger partial charge >= 0.3 is 5.97 Å². The standard InChI is InChI=1S/C32H42FNO14/c33-20-11-19(12-21(35)15-20)32(41)48-31-29(18-13-24(38)28(40)25(39)14-18)47-26-17-22(36)16-23(37)27(26)30(31)46-10-9-45-8-7-44-6-5-43-4-3-42-2-1-34/h12-14,16-17,20-21,29-31,35-40H,1-11,15,34H2. The smallest absolute Gasteiger partial charge is 0.334 e. The van der Waals surface area contributed by atoms with E-state index in [0.717, 1.165) is 18.2 Å². The molecule has 16 heteroatoms. The fraction of sp³-hybridized carbons (Fsp3) is 0.531. The molecule has 2 aromatic rings. The molecule has 266 valence electrons. The van der Waals surface area contributed by atoms with Crippen molar-refractivity contribution in [1.29, 1.82) is 0 Å². The highest BCUT2D eigenvalue weighted by Gasteiger charge is 2.46. The summed E-state index contributed by atoms with van der Waals surface area (Å²) in [6.45, 7) is 2.90. The number of benzene rings is 2. The van der Waals surface area contributed by atoms with Gasteiger partial charge in [0.2, 0.25) is 0 Å². The van der Waals surface area contributed by atoms with Gasteiger partial charge in [0.25, 0.3) is 0 Å². The van der Waals surface area contributed by atoms with Crippen molar-refractivity contribution in [3.05, 3.63) is 47.0 Å². The molecular formula is C32H42FNO14. The maximum Gasteiger partial charge on any atom is 0.334 e. The molecule has 0 fully saturated rings. The van der Waals surface area contributed by atoms with Gasteiger partial charge in [0.1, 0.15) is 29.5 Å². The number of carbonyl (C=O) groups is 1. The van der Waals surface area contributed by atoms with Gasteiger partial charge in [0.05, 0.1) is 71.1 Å². The first-order valence-electron chi connectivity index (χ1n) is 15.4. The largest absolute Gasteiger partial charge is 0.508 e. The van der Waals surface area contributed by atoms with Gasteiger partial charge in [0, 0.05) is 42.7 Å². The molecule has 0 radical (unpaired) electrons. The summed E-state index contributed by atoms with van der Waals surface area (Å²) in [5.41, 5.74) is 5.23. The van der Waals surface area contributed by atoms with Crippen molar-refractivity contribution in [2.75, 3.05) is 66.0 Å². The molecule has 4 rings (SSSR count). The molecule has 0 spiro atoms. The van der Waals surface area contributed by atoms with Crippen LogP contribution in [0, 0.1) is 0 Å². The van der Waals surface area contributed by atoms with Gasteiger partial charge in [-0.1, -0.05) is 0 Å². The van der Waals surface area contributed by atoms with Crippen molar-refractivity contribution < 1.29 is 73.0 Å².